The quantitative estimate of drug-likeness (QED) is 0.817. The number of hydrogen-bond acceptors (Lipinski definition) is 4. The van der Waals surface area contributed by atoms with Gasteiger partial charge in [0.2, 0.25) is 0 Å². The number of carbonyl (C=O) groups is 1. The van der Waals surface area contributed by atoms with Crippen molar-refractivity contribution in [3.05, 3.63) is 53.5 Å². The van der Waals surface area contributed by atoms with Gasteiger partial charge >= 0.3 is 0 Å². The van der Waals surface area contributed by atoms with E-state index < -0.39 is 0 Å². The lowest BCUT2D eigenvalue weighted by Crippen LogP contribution is -2.47. The number of carbonyl (C=O) groups excluding carboxylic acids is 1. The Morgan fingerprint density at radius 2 is 2.07 bits per heavy atom. The molecule has 1 unspecified atom stereocenters. The summed E-state index contributed by atoms with van der Waals surface area (Å²) in [5.74, 6) is 0.644. The summed E-state index contributed by atoms with van der Waals surface area (Å²) in [4.78, 5) is 15.1. The summed E-state index contributed by atoms with van der Waals surface area (Å²) in [7, 11) is 0. The second-order valence-corrected chi connectivity index (χ2v) is 9.11. The van der Waals surface area contributed by atoms with Crippen LogP contribution >= 0.6 is 0 Å². The zero-order valence-corrected chi connectivity index (χ0v) is 17.4. The molecular formula is C23H29N5O. The number of piperidine rings is 1. The number of allylic oxidation sites excluding steroid dienone is 2. The Labute approximate surface area is 171 Å². The van der Waals surface area contributed by atoms with E-state index in [1.54, 1.807) is 6.20 Å². The highest BCUT2D eigenvalue weighted by Gasteiger charge is 2.44. The van der Waals surface area contributed by atoms with Crippen LogP contribution in [0.15, 0.2) is 47.9 Å². The van der Waals surface area contributed by atoms with Gasteiger partial charge in [-0.2, -0.15) is 5.10 Å². The molecule has 1 aromatic carbocycles. The molecule has 2 N–H and O–H groups in total. The molecule has 3 heterocycles. The van der Waals surface area contributed by atoms with E-state index in [2.05, 4.69) is 53.7 Å². The van der Waals surface area contributed by atoms with E-state index in [0.717, 1.165) is 48.8 Å². The van der Waals surface area contributed by atoms with Crippen LogP contribution < -0.4 is 5.43 Å². The monoisotopic (exact) mass is 391 g/mol. The van der Waals surface area contributed by atoms with E-state index in [-0.39, 0.29) is 11.3 Å². The lowest BCUT2D eigenvalue weighted by Gasteiger charge is -2.48. The Morgan fingerprint density at radius 1 is 1.28 bits per heavy atom. The fraction of sp³-hybridized carbons (Fsp3) is 0.478. The van der Waals surface area contributed by atoms with Gasteiger partial charge in [-0.05, 0) is 68.2 Å². The number of aromatic amines is 1. The minimum atomic E-state index is 0.135. The first kappa shape index (κ1) is 18.3. The summed E-state index contributed by atoms with van der Waals surface area (Å²) in [5.41, 5.74) is 8.18. The highest BCUT2D eigenvalue weighted by atomic mass is 16.2. The predicted molar refractivity (Wildman–Crippen MR) is 114 cm³/mol. The Bertz CT molecular complexity index is 1010. The van der Waals surface area contributed by atoms with Crippen molar-refractivity contribution in [1.82, 2.24) is 25.5 Å². The molecule has 6 nitrogen and oxygen atoms in total. The summed E-state index contributed by atoms with van der Waals surface area (Å²) in [6, 6.07) is 6.22. The second-order valence-electron chi connectivity index (χ2n) is 9.11. The average Bonchev–Trinajstić information content (AvgIpc) is 3.34. The predicted octanol–water partition coefficient (Wildman–Crippen LogP) is 3.82. The largest absolute Gasteiger partial charge is 0.339 e. The number of fused-ring (bicyclic) bond motifs is 2. The number of likely N-dealkylation sites (tertiary alicyclic amines) is 1. The van der Waals surface area contributed by atoms with Crippen LogP contribution in [-0.4, -0.2) is 45.1 Å². The Hall–Kier alpha value is -2.76. The van der Waals surface area contributed by atoms with Crippen molar-refractivity contribution in [2.24, 2.45) is 11.3 Å². The van der Waals surface area contributed by atoms with Crippen LogP contribution in [0.3, 0.4) is 0 Å². The molecule has 1 amide bonds. The minimum absolute atomic E-state index is 0.135. The van der Waals surface area contributed by atoms with Crippen LogP contribution in [0.25, 0.3) is 10.9 Å². The molecule has 5 rings (SSSR count). The van der Waals surface area contributed by atoms with Crippen molar-refractivity contribution < 1.29 is 4.79 Å². The Morgan fingerprint density at radius 3 is 2.83 bits per heavy atom. The number of rotatable bonds is 2. The molecule has 6 heteroatoms. The maximum atomic E-state index is 13.1. The summed E-state index contributed by atoms with van der Waals surface area (Å²) < 4.78 is 0. The number of nitrogens with one attached hydrogen (secondary N) is 2. The number of benzene rings is 1. The van der Waals surface area contributed by atoms with Gasteiger partial charge < -0.3 is 10.3 Å². The fourth-order valence-corrected chi connectivity index (χ4v) is 5.20. The second kappa shape index (κ2) is 6.65. The van der Waals surface area contributed by atoms with Crippen molar-refractivity contribution in [2.75, 3.05) is 13.1 Å². The number of H-pyrrole nitrogens is 1. The molecule has 1 aliphatic carbocycles. The standard InChI is InChI=1S/C23H29N5O/c1-15(2)28-21-10-16(3)23(12-19(21)14-25-28)6-8-27(9-7-23)22(29)17-4-5-20-18(11-17)13-24-26-20/h4-5,10-11,13-16,25H,6-9,12H2,1-3H3,(H,24,26). The number of aromatic nitrogens is 2. The molecule has 1 aromatic heterocycles. The normalized spacial score (nSPS) is 23.2. The number of amides is 1. The zero-order valence-electron chi connectivity index (χ0n) is 17.4. The zero-order chi connectivity index (χ0) is 20.2. The van der Waals surface area contributed by atoms with Crippen LogP contribution in [0, 0.1) is 11.3 Å². The maximum Gasteiger partial charge on any atom is 0.253 e. The van der Waals surface area contributed by atoms with Gasteiger partial charge in [0.15, 0.2) is 0 Å². The van der Waals surface area contributed by atoms with Gasteiger partial charge in [-0.15, -0.1) is 0 Å². The molecule has 0 bridgehead atoms. The molecule has 1 spiro atoms. The average molecular weight is 392 g/mol. The van der Waals surface area contributed by atoms with E-state index in [4.69, 9.17) is 0 Å². The maximum absolute atomic E-state index is 13.1. The van der Waals surface area contributed by atoms with E-state index in [1.165, 1.54) is 11.3 Å². The van der Waals surface area contributed by atoms with Gasteiger partial charge in [-0.25, -0.2) is 0 Å². The Kier molecular flexibility index (Phi) is 4.19. The highest BCUT2D eigenvalue weighted by molar-refractivity contribution is 5.97. The smallest absolute Gasteiger partial charge is 0.253 e. The van der Waals surface area contributed by atoms with E-state index in [9.17, 15) is 4.79 Å². The Balaban J connectivity index is 1.31. The van der Waals surface area contributed by atoms with E-state index in [0.29, 0.717) is 12.0 Å². The molecule has 152 valence electrons. The summed E-state index contributed by atoms with van der Waals surface area (Å²) in [5, 5.41) is 10.2. The molecule has 2 aliphatic heterocycles. The minimum Gasteiger partial charge on any atom is -0.339 e. The van der Waals surface area contributed by atoms with Crippen LogP contribution in [-0.2, 0) is 0 Å². The number of hydrogen-bond donors (Lipinski definition) is 2. The van der Waals surface area contributed by atoms with Gasteiger partial charge in [-0.3, -0.25) is 14.9 Å². The molecule has 0 radical (unpaired) electrons. The molecular weight excluding hydrogens is 362 g/mol. The third-order valence-electron chi connectivity index (χ3n) is 7.13. The van der Waals surface area contributed by atoms with Crippen LogP contribution in [0.1, 0.15) is 50.4 Å². The highest BCUT2D eigenvalue weighted by Crippen LogP contribution is 2.50. The van der Waals surface area contributed by atoms with Gasteiger partial charge in [0.05, 0.1) is 17.4 Å². The first-order valence-corrected chi connectivity index (χ1v) is 10.7. The van der Waals surface area contributed by atoms with Gasteiger partial charge in [0, 0.05) is 36.3 Å². The van der Waals surface area contributed by atoms with E-state index >= 15 is 0 Å². The fourth-order valence-electron chi connectivity index (χ4n) is 5.20. The van der Waals surface area contributed by atoms with Crippen molar-refractivity contribution in [3.63, 3.8) is 0 Å². The number of nitrogens with zero attached hydrogens (tertiary/aromatic N) is 3. The van der Waals surface area contributed by atoms with E-state index in [1.807, 2.05) is 23.1 Å². The van der Waals surface area contributed by atoms with Gasteiger partial charge in [0.1, 0.15) is 0 Å². The van der Waals surface area contributed by atoms with Crippen LogP contribution in [0.5, 0.6) is 0 Å². The van der Waals surface area contributed by atoms with Crippen molar-refractivity contribution >= 4 is 16.8 Å². The third-order valence-corrected chi connectivity index (χ3v) is 7.13. The molecule has 29 heavy (non-hydrogen) atoms. The molecule has 1 fully saturated rings. The molecule has 1 atom stereocenters. The molecule has 3 aliphatic rings. The van der Waals surface area contributed by atoms with Crippen LogP contribution in [0.4, 0.5) is 0 Å². The first-order chi connectivity index (χ1) is 14.0. The third kappa shape index (κ3) is 2.93. The lowest BCUT2D eigenvalue weighted by molar-refractivity contribution is 0.0462. The summed E-state index contributed by atoms with van der Waals surface area (Å²) in [6.45, 7) is 8.43. The molecule has 0 saturated carbocycles. The topological polar surface area (TPSA) is 64.3 Å². The molecule has 2 aromatic rings. The summed E-state index contributed by atoms with van der Waals surface area (Å²) in [6.07, 6.45) is 9.60. The van der Waals surface area contributed by atoms with Gasteiger partial charge in [0.25, 0.3) is 5.91 Å². The van der Waals surface area contributed by atoms with Gasteiger partial charge in [-0.1, -0.05) is 13.0 Å². The molecule has 1 saturated heterocycles. The van der Waals surface area contributed by atoms with Crippen molar-refractivity contribution in [2.45, 2.75) is 46.1 Å². The van der Waals surface area contributed by atoms with Crippen LogP contribution in [0.2, 0.25) is 0 Å². The lowest BCUT2D eigenvalue weighted by atomic mass is 9.62. The SMILES string of the molecule is CC(C)N1NC=C2CC3(CCN(C(=O)c4ccc5[nH]ncc5c4)CC3)C(C)C=C21. The van der Waals surface area contributed by atoms with Crippen molar-refractivity contribution in [1.29, 1.82) is 0 Å². The first-order valence-electron chi connectivity index (χ1n) is 10.7. The summed E-state index contributed by atoms with van der Waals surface area (Å²) >= 11 is 0. The number of hydrazine groups is 1. The van der Waals surface area contributed by atoms with Crippen molar-refractivity contribution in [3.8, 4) is 0 Å².